The van der Waals surface area contributed by atoms with E-state index in [0.29, 0.717) is 0 Å². The van der Waals surface area contributed by atoms with Crippen LogP contribution in [-0.2, 0) is 19.2 Å². The summed E-state index contributed by atoms with van der Waals surface area (Å²) in [5, 5.41) is 39.4. The van der Waals surface area contributed by atoms with Gasteiger partial charge in [-0.3, -0.25) is 9.59 Å². The van der Waals surface area contributed by atoms with Crippen LogP contribution in [0.3, 0.4) is 0 Å². The Bertz CT molecular complexity index is 476. The zero-order valence-electron chi connectivity index (χ0n) is 13.1. The smallest absolute Gasteiger partial charge is 0.326 e. The molecule has 11 nitrogen and oxygen atoms in total. The second-order valence-electron chi connectivity index (χ2n) is 5.35. The molecule has 6 N–H and O–H groups in total. The van der Waals surface area contributed by atoms with Gasteiger partial charge < -0.3 is 31.1 Å². The third-order valence-corrected chi connectivity index (χ3v) is 3.23. The molecule has 0 fully saturated rings. The van der Waals surface area contributed by atoms with Gasteiger partial charge in [-0.2, -0.15) is 0 Å². The number of carbonyl (C=O) groups is 5. The topological polar surface area (TPSA) is 190 Å². The predicted molar refractivity (Wildman–Crippen MR) is 77.3 cm³/mol. The number of rotatable bonds is 10. The Kier molecular flexibility index (Phi) is 8.22. The van der Waals surface area contributed by atoms with E-state index in [1.807, 2.05) is 10.6 Å². The van der Waals surface area contributed by atoms with Gasteiger partial charge in [-0.05, 0) is 12.8 Å². The minimum absolute atomic E-state index is 0.401. The van der Waals surface area contributed by atoms with E-state index in [-0.39, 0.29) is 0 Å². The molecule has 0 aliphatic carbocycles. The number of hydrogen-bond donors (Lipinski definition) is 6. The number of carboxylic acids is 4. The Morgan fingerprint density at radius 2 is 0.958 bits per heavy atom. The maximum Gasteiger partial charge on any atom is 0.326 e. The van der Waals surface area contributed by atoms with E-state index >= 15 is 0 Å². The van der Waals surface area contributed by atoms with Crippen LogP contribution < -0.4 is 10.6 Å². The Balaban J connectivity index is 4.84. The first-order valence-electron chi connectivity index (χ1n) is 6.93. The molecule has 2 amide bonds. The van der Waals surface area contributed by atoms with Gasteiger partial charge in [0.05, 0.1) is 11.8 Å². The highest BCUT2D eigenvalue weighted by Crippen LogP contribution is 2.08. The molecule has 0 aliphatic rings. The van der Waals surface area contributed by atoms with E-state index in [1.54, 1.807) is 0 Å². The van der Waals surface area contributed by atoms with Gasteiger partial charge in [0.25, 0.3) is 0 Å². The Labute approximate surface area is 136 Å². The highest BCUT2D eigenvalue weighted by atomic mass is 16.4. The molecule has 4 atom stereocenters. The van der Waals surface area contributed by atoms with Crippen molar-refractivity contribution in [2.75, 3.05) is 0 Å². The number of aliphatic carboxylic acids is 4. The summed E-state index contributed by atoms with van der Waals surface area (Å²) in [5.41, 5.74) is 0. The highest BCUT2D eigenvalue weighted by Gasteiger charge is 2.29. The molecule has 0 saturated heterocycles. The van der Waals surface area contributed by atoms with E-state index in [1.165, 1.54) is 13.8 Å². The molecule has 0 aromatic heterocycles. The van der Waals surface area contributed by atoms with Crippen LogP contribution in [0.4, 0.5) is 4.79 Å². The Hall–Kier alpha value is -2.85. The quantitative estimate of drug-likeness (QED) is 0.299. The number of hydrogen-bond acceptors (Lipinski definition) is 5. The van der Waals surface area contributed by atoms with Crippen molar-refractivity contribution in [2.24, 2.45) is 11.8 Å². The molecule has 4 unspecified atom stereocenters. The van der Waals surface area contributed by atoms with E-state index in [9.17, 15) is 24.0 Å². The van der Waals surface area contributed by atoms with Crippen LogP contribution in [0.5, 0.6) is 0 Å². The van der Waals surface area contributed by atoms with Crippen LogP contribution in [0, 0.1) is 11.8 Å². The lowest BCUT2D eigenvalue weighted by atomic mass is 10.0. The lowest BCUT2D eigenvalue weighted by Gasteiger charge is -2.20. The fourth-order valence-corrected chi connectivity index (χ4v) is 1.71. The molecule has 0 spiro atoms. The van der Waals surface area contributed by atoms with E-state index in [4.69, 9.17) is 20.4 Å². The van der Waals surface area contributed by atoms with Crippen LogP contribution in [0.15, 0.2) is 0 Å². The third kappa shape index (κ3) is 7.42. The largest absolute Gasteiger partial charge is 0.481 e. The molecule has 0 bridgehead atoms. The molecular formula is C13H20N2O9. The Morgan fingerprint density at radius 1 is 0.667 bits per heavy atom. The van der Waals surface area contributed by atoms with E-state index < -0.39 is 66.7 Å². The van der Waals surface area contributed by atoms with Crippen LogP contribution in [0.25, 0.3) is 0 Å². The first-order chi connectivity index (χ1) is 11.0. The molecule has 0 aromatic rings. The summed E-state index contributed by atoms with van der Waals surface area (Å²) in [7, 11) is 0. The second kappa shape index (κ2) is 9.33. The van der Waals surface area contributed by atoms with Crippen molar-refractivity contribution in [3.8, 4) is 0 Å². The van der Waals surface area contributed by atoms with Gasteiger partial charge in [-0.25, -0.2) is 14.4 Å². The minimum Gasteiger partial charge on any atom is -0.481 e. The van der Waals surface area contributed by atoms with E-state index in [2.05, 4.69) is 0 Å². The maximum atomic E-state index is 11.7. The molecular weight excluding hydrogens is 328 g/mol. The third-order valence-electron chi connectivity index (χ3n) is 3.23. The summed E-state index contributed by atoms with van der Waals surface area (Å²) < 4.78 is 0. The zero-order valence-corrected chi connectivity index (χ0v) is 13.1. The molecule has 0 aromatic carbocycles. The molecule has 0 rings (SSSR count). The summed E-state index contributed by atoms with van der Waals surface area (Å²) >= 11 is 0. The van der Waals surface area contributed by atoms with Gasteiger partial charge in [-0.1, -0.05) is 13.8 Å². The van der Waals surface area contributed by atoms with Crippen molar-refractivity contribution in [3.05, 3.63) is 0 Å². The molecule has 0 aliphatic heterocycles. The molecule has 11 heteroatoms. The standard InChI is InChI=1S/C13H20N2O9/c1-5(9(16)17)3-7(11(20)21)14-13(24)15-8(12(22)23)4-6(2)10(18)19/h5-8H,3-4H2,1-2H3,(H,16,17)(H,18,19)(H,20,21)(H,22,23)(H2,14,15,24). The summed E-state index contributed by atoms with van der Waals surface area (Å²) in [6.45, 7) is 2.51. The summed E-state index contributed by atoms with van der Waals surface area (Å²) in [6, 6.07) is -4.23. The summed E-state index contributed by atoms with van der Waals surface area (Å²) in [5.74, 6) is -7.56. The number of amides is 2. The average molecular weight is 348 g/mol. The number of urea groups is 1. The van der Waals surface area contributed by atoms with Gasteiger partial charge in [0.15, 0.2) is 0 Å². The average Bonchev–Trinajstić information content (AvgIpc) is 2.44. The van der Waals surface area contributed by atoms with E-state index in [0.717, 1.165) is 0 Å². The van der Waals surface area contributed by atoms with Gasteiger partial charge in [-0.15, -0.1) is 0 Å². The van der Waals surface area contributed by atoms with Crippen molar-refractivity contribution < 1.29 is 44.4 Å². The molecule has 0 saturated carbocycles. The van der Waals surface area contributed by atoms with Crippen molar-refractivity contribution in [2.45, 2.75) is 38.8 Å². The fourth-order valence-electron chi connectivity index (χ4n) is 1.71. The normalized spacial score (nSPS) is 15.4. The van der Waals surface area contributed by atoms with Crippen LogP contribution >= 0.6 is 0 Å². The fraction of sp³-hybridized carbons (Fsp3) is 0.615. The van der Waals surface area contributed by atoms with Gasteiger partial charge in [0, 0.05) is 0 Å². The van der Waals surface area contributed by atoms with Crippen LogP contribution in [-0.4, -0.2) is 62.4 Å². The lowest BCUT2D eigenvalue weighted by molar-refractivity contribution is -0.145. The molecule has 24 heavy (non-hydrogen) atoms. The number of nitrogens with one attached hydrogen (secondary N) is 2. The molecule has 0 radical (unpaired) electrons. The maximum absolute atomic E-state index is 11.7. The van der Waals surface area contributed by atoms with Crippen LogP contribution in [0.1, 0.15) is 26.7 Å². The monoisotopic (exact) mass is 348 g/mol. The minimum atomic E-state index is -1.54. The van der Waals surface area contributed by atoms with Gasteiger partial charge in [0.1, 0.15) is 12.1 Å². The van der Waals surface area contributed by atoms with Gasteiger partial charge >= 0.3 is 29.9 Å². The predicted octanol–water partition coefficient (Wildman–Crippen LogP) is -0.586. The number of carbonyl (C=O) groups excluding carboxylic acids is 1. The second-order valence-corrected chi connectivity index (χ2v) is 5.35. The molecule has 136 valence electrons. The number of carboxylic acid groups (broad SMARTS) is 4. The molecule has 0 heterocycles. The van der Waals surface area contributed by atoms with Crippen molar-refractivity contribution in [3.63, 3.8) is 0 Å². The summed E-state index contributed by atoms with van der Waals surface area (Å²) in [6.07, 6.45) is -0.803. The van der Waals surface area contributed by atoms with Crippen molar-refractivity contribution in [1.82, 2.24) is 10.6 Å². The first-order valence-corrected chi connectivity index (χ1v) is 6.93. The summed E-state index contributed by atoms with van der Waals surface area (Å²) in [4.78, 5) is 55.3. The zero-order chi connectivity index (χ0) is 19.0. The van der Waals surface area contributed by atoms with Gasteiger partial charge in [0.2, 0.25) is 0 Å². The first kappa shape index (κ1) is 21.1. The SMILES string of the molecule is CC(CC(NC(=O)NC(CC(C)C(=O)O)C(=O)O)C(=O)O)C(=O)O. The highest BCUT2D eigenvalue weighted by molar-refractivity contribution is 5.86. The van der Waals surface area contributed by atoms with Crippen LogP contribution in [0.2, 0.25) is 0 Å². The lowest BCUT2D eigenvalue weighted by Crippen LogP contribution is -2.52. The van der Waals surface area contributed by atoms with Crippen molar-refractivity contribution in [1.29, 1.82) is 0 Å². The Morgan fingerprint density at radius 3 is 1.17 bits per heavy atom. The van der Waals surface area contributed by atoms with Crippen molar-refractivity contribution >= 4 is 29.9 Å².